The second kappa shape index (κ2) is 10.2. The van der Waals surface area contributed by atoms with Crippen LogP contribution in [0, 0.1) is 6.92 Å². The van der Waals surface area contributed by atoms with Crippen LogP contribution in [0.25, 0.3) is 0 Å². The highest BCUT2D eigenvalue weighted by molar-refractivity contribution is 5.95. The molecule has 0 radical (unpaired) electrons. The third kappa shape index (κ3) is 6.99. The van der Waals surface area contributed by atoms with E-state index in [0.717, 1.165) is 5.56 Å². The van der Waals surface area contributed by atoms with E-state index in [0.29, 0.717) is 23.7 Å². The molecule has 7 nitrogen and oxygen atoms in total. The molecule has 2 N–H and O–H groups in total. The SMILES string of the molecule is COCCOC(=O)Nc1cccc(NC(=O)C(C)Oc2ccc(C)cc2)c1. The minimum atomic E-state index is -0.677. The van der Waals surface area contributed by atoms with Gasteiger partial charge in [-0.2, -0.15) is 0 Å². The van der Waals surface area contributed by atoms with Crippen molar-refractivity contribution in [2.24, 2.45) is 0 Å². The van der Waals surface area contributed by atoms with Crippen LogP contribution in [0.5, 0.6) is 5.75 Å². The van der Waals surface area contributed by atoms with E-state index in [1.165, 1.54) is 7.11 Å². The van der Waals surface area contributed by atoms with Gasteiger partial charge in [0, 0.05) is 18.5 Å². The summed E-state index contributed by atoms with van der Waals surface area (Å²) in [5, 5.41) is 5.35. The van der Waals surface area contributed by atoms with Crippen molar-refractivity contribution >= 4 is 23.4 Å². The van der Waals surface area contributed by atoms with E-state index in [1.807, 2.05) is 31.2 Å². The number of hydrogen-bond donors (Lipinski definition) is 2. The van der Waals surface area contributed by atoms with E-state index in [-0.39, 0.29) is 12.5 Å². The fourth-order valence-electron chi connectivity index (χ4n) is 2.16. The van der Waals surface area contributed by atoms with Gasteiger partial charge in [0.2, 0.25) is 0 Å². The molecule has 2 amide bonds. The number of amides is 2. The lowest BCUT2D eigenvalue weighted by molar-refractivity contribution is -0.122. The molecule has 27 heavy (non-hydrogen) atoms. The smallest absolute Gasteiger partial charge is 0.411 e. The number of anilines is 2. The van der Waals surface area contributed by atoms with Crippen molar-refractivity contribution < 1.29 is 23.8 Å². The first kappa shape index (κ1) is 20.3. The first-order valence-corrected chi connectivity index (χ1v) is 8.55. The van der Waals surface area contributed by atoms with Crippen LogP contribution in [0.2, 0.25) is 0 Å². The number of hydrogen-bond acceptors (Lipinski definition) is 5. The minimum absolute atomic E-state index is 0.159. The molecule has 0 fully saturated rings. The van der Waals surface area contributed by atoms with Crippen molar-refractivity contribution in [3.05, 3.63) is 54.1 Å². The second-order valence-electron chi connectivity index (χ2n) is 5.90. The summed E-state index contributed by atoms with van der Waals surface area (Å²) in [7, 11) is 1.52. The zero-order valence-electron chi connectivity index (χ0n) is 15.7. The fourth-order valence-corrected chi connectivity index (χ4v) is 2.16. The van der Waals surface area contributed by atoms with Gasteiger partial charge in [0.25, 0.3) is 5.91 Å². The van der Waals surface area contributed by atoms with Crippen molar-refractivity contribution in [2.75, 3.05) is 31.0 Å². The molecule has 1 atom stereocenters. The third-order valence-corrected chi connectivity index (χ3v) is 3.60. The molecule has 7 heteroatoms. The Labute approximate surface area is 158 Å². The molecule has 0 bridgehead atoms. The van der Waals surface area contributed by atoms with Crippen LogP contribution in [0.3, 0.4) is 0 Å². The van der Waals surface area contributed by atoms with E-state index in [2.05, 4.69) is 10.6 Å². The van der Waals surface area contributed by atoms with Crippen LogP contribution in [-0.4, -0.2) is 38.4 Å². The zero-order chi connectivity index (χ0) is 19.6. The Bertz CT molecular complexity index is 761. The quantitative estimate of drug-likeness (QED) is 0.692. The first-order valence-electron chi connectivity index (χ1n) is 8.55. The monoisotopic (exact) mass is 372 g/mol. The van der Waals surface area contributed by atoms with E-state index in [4.69, 9.17) is 14.2 Å². The summed E-state index contributed by atoms with van der Waals surface area (Å²) in [6, 6.07) is 14.2. The Hall–Kier alpha value is -3.06. The number of ether oxygens (including phenoxy) is 3. The molecule has 144 valence electrons. The molecule has 0 aliphatic rings. The van der Waals surface area contributed by atoms with Crippen molar-refractivity contribution in [2.45, 2.75) is 20.0 Å². The van der Waals surface area contributed by atoms with Gasteiger partial charge in [0.05, 0.1) is 6.61 Å². The Morgan fingerprint density at radius 3 is 2.33 bits per heavy atom. The summed E-state index contributed by atoms with van der Waals surface area (Å²) in [5.41, 5.74) is 2.15. The van der Waals surface area contributed by atoms with Crippen LogP contribution in [0.4, 0.5) is 16.2 Å². The van der Waals surface area contributed by atoms with E-state index in [1.54, 1.807) is 31.2 Å². The van der Waals surface area contributed by atoms with Crippen molar-refractivity contribution in [1.29, 1.82) is 0 Å². The molecule has 0 aliphatic carbocycles. The number of rotatable bonds is 8. The molecule has 0 aromatic heterocycles. The number of aryl methyl sites for hydroxylation is 1. The topological polar surface area (TPSA) is 85.9 Å². The number of carbonyl (C=O) groups is 2. The van der Waals surface area contributed by atoms with Crippen LogP contribution in [0.15, 0.2) is 48.5 Å². The maximum atomic E-state index is 12.3. The number of carbonyl (C=O) groups excluding carboxylic acids is 2. The summed E-state index contributed by atoms with van der Waals surface area (Å²) in [4.78, 5) is 24.0. The normalized spacial score (nSPS) is 11.4. The van der Waals surface area contributed by atoms with Crippen LogP contribution < -0.4 is 15.4 Å². The first-order chi connectivity index (χ1) is 13.0. The minimum Gasteiger partial charge on any atom is -0.481 e. The molecule has 0 spiro atoms. The molecule has 0 aliphatic heterocycles. The van der Waals surface area contributed by atoms with Gasteiger partial charge in [-0.05, 0) is 44.2 Å². The van der Waals surface area contributed by atoms with Crippen molar-refractivity contribution in [3.8, 4) is 5.75 Å². The predicted octanol–water partition coefficient (Wildman–Crippen LogP) is 3.60. The lowest BCUT2D eigenvalue weighted by atomic mass is 10.2. The van der Waals surface area contributed by atoms with Gasteiger partial charge in [0.1, 0.15) is 12.4 Å². The largest absolute Gasteiger partial charge is 0.481 e. The van der Waals surface area contributed by atoms with Crippen molar-refractivity contribution in [1.82, 2.24) is 0 Å². The zero-order valence-corrected chi connectivity index (χ0v) is 15.7. The molecule has 2 aromatic rings. The van der Waals surface area contributed by atoms with Gasteiger partial charge in [0.15, 0.2) is 6.10 Å². The number of benzene rings is 2. The van der Waals surface area contributed by atoms with Gasteiger partial charge in [-0.15, -0.1) is 0 Å². The predicted molar refractivity (Wildman–Crippen MR) is 103 cm³/mol. The second-order valence-corrected chi connectivity index (χ2v) is 5.90. The highest BCUT2D eigenvalue weighted by Crippen LogP contribution is 2.17. The van der Waals surface area contributed by atoms with Crippen molar-refractivity contribution in [3.63, 3.8) is 0 Å². The van der Waals surface area contributed by atoms with Crippen LogP contribution >= 0.6 is 0 Å². The molecule has 2 aromatic carbocycles. The average Bonchev–Trinajstić information content (AvgIpc) is 2.64. The van der Waals surface area contributed by atoms with E-state index >= 15 is 0 Å². The van der Waals surface area contributed by atoms with Crippen LogP contribution in [0.1, 0.15) is 12.5 Å². The average molecular weight is 372 g/mol. The molecule has 1 unspecified atom stereocenters. The lowest BCUT2D eigenvalue weighted by Crippen LogP contribution is -2.30. The highest BCUT2D eigenvalue weighted by Gasteiger charge is 2.15. The Balaban J connectivity index is 1.89. The summed E-state index contributed by atoms with van der Waals surface area (Å²) in [6.45, 7) is 4.13. The van der Waals surface area contributed by atoms with Gasteiger partial charge < -0.3 is 19.5 Å². The highest BCUT2D eigenvalue weighted by atomic mass is 16.6. The fraction of sp³-hybridized carbons (Fsp3) is 0.300. The number of methoxy groups -OCH3 is 1. The van der Waals surface area contributed by atoms with Crippen LogP contribution in [-0.2, 0) is 14.3 Å². The standard InChI is InChI=1S/C20H24N2O5/c1-14-7-9-18(10-8-14)27-15(2)19(23)21-16-5-4-6-17(13-16)22-20(24)26-12-11-25-3/h4-10,13,15H,11-12H2,1-3H3,(H,21,23)(H,22,24). The maximum Gasteiger partial charge on any atom is 0.411 e. The van der Waals surface area contributed by atoms with Gasteiger partial charge in [-0.25, -0.2) is 4.79 Å². The molecule has 0 saturated heterocycles. The molecular formula is C20H24N2O5. The lowest BCUT2D eigenvalue weighted by Gasteiger charge is -2.15. The maximum absolute atomic E-state index is 12.3. The molecule has 0 heterocycles. The molecular weight excluding hydrogens is 348 g/mol. The van der Waals surface area contributed by atoms with E-state index < -0.39 is 12.2 Å². The Morgan fingerprint density at radius 1 is 1.00 bits per heavy atom. The van der Waals surface area contributed by atoms with E-state index in [9.17, 15) is 9.59 Å². The molecule has 2 rings (SSSR count). The number of nitrogens with one attached hydrogen (secondary N) is 2. The Kier molecular flexibility index (Phi) is 7.63. The summed E-state index contributed by atoms with van der Waals surface area (Å²) < 4.78 is 15.4. The molecule has 0 saturated carbocycles. The summed E-state index contributed by atoms with van der Waals surface area (Å²) in [6.07, 6.45) is -1.27. The summed E-state index contributed by atoms with van der Waals surface area (Å²) in [5.74, 6) is 0.327. The summed E-state index contributed by atoms with van der Waals surface area (Å²) >= 11 is 0. The van der Waals surface area contributed by atoms with Gasteiger partial charge in [-0.3, -0.25) is 10.1 Å². The Morgan fingerprint density at radius 2 is 1.67 bits per heavy atom. The van der Waals surface area contributed by atoms with Gasteiger partial charge >= 0.3 is 6.09 Å². The third-order valence-electron chi connectivity index (χ3n) is 3.60. The van der Waals surface area contributed by atoms with Gasteiger partial charge in [-0.1, -0.05) is 23.8 Å².